The molecule has 19 heavy (non-hydrogen) atoms. The number of ether oxygens (including phenoxy) is 1. The molecule has 0 radical (unpaired) electrons. The molecule has 0 spiro atoms. The number of hydrogen-bond donors (Lipinski definition) is 1. The van der Waals surface area contributed by atoms with Crippen LogP contribution in [0, 0.1) is 5.41 Å². The molecule has 1 fully saturated rings. The van der Waals surface area contributed by atoms with Crippen LogP contribution in [-0.2, 0) is 10.3 Å². The van der Waals surface area contributed by atoms with Gasteiger partial charge >= 0.3 is 0 Å². The van der Waals surface area contributed by atoms with E-state index in [0.717, 1.165) is 25.0 Å². The summed E-state index contributed by atoms with van der Waals surface area (Å²) in [4.78, 5) is 12.2. The van der Waals surface area contributed by atoms with Crippen molar-refractivity contribution in [2.24, 2.45) is 5.41 Å². The molecule has 3 nitrogen and oxygen atoms in total. The molecule has 0 heterocycles. The van der Waals surface area contributed by atoms with Crippen molar-refractivity contribution in [3.63, 3.8) is 0 Å². The maximum atomic E-state index is 12.2. The van der Waals surface area contributed by atoms with Gasteiger partial charge in [-0.05, 0) is 37.0 Å². The summed E-state index contributed by atoms with van der Waals surface area (Å²) in [5.41, 5.74) is 0.656. The number of rotatable bonds is 3. The molecule has 0 unspecified atom stereocenters. The molecule has 104 valence electrons. The smallest absolute Gasteiger partial charge is 0.226 e. The first-order chi connectivity index (χ1) is 8.87. The number of amides is 1. The topological polar surface area (TPSA) is 38.3 Å². The summed E-state index contributed by atoms with van der Waals surface area (Å²) >= 11 is 0. The van der Waals surface area contributed by atoms with E-state index in [1.807, 2.05) is 32.9 Å². The van der Waals surface area contributed by atoms with Crippen LogP contribution >= 0.6 is 0 Å². The molecular formula is C16H23NO2. The van der Waals surface area contributed by atoms with Crippen LogP contribution in [0.4, 0.5) is 0 Å². The third-order valence-electron chi connectivity index (χ3n) is 3.88. The van der Waals surface area contributed by atoms with Crippen LogP contribution in [0.5, 0.6) is 5.75 Å². The summed E-state index contributed by atoms with van der Waals surface area (Å²) in [7, 11) is 1.66. The normalized spacial score (nSPS) is 17.5. The number of nitrogens with one attached hydrogen (secondary N) is 1. The Morgan fingerprint density at radius 1 is 1.21 bits per heavy atom. The van der Waals surface area contributed by atoms with E-state index in [0.29, 0.717) is 0 Å². The molecule has 1 amide bonds. The van der Waals surface area contributed by atoms with E-state index >= 15 is 0 Å². The van der Waals surface area contributed by atoms with Crippen molar-refractivity contribution < 1.29 is 9.53 Å². The predicted molar refractivity (Wildman–Crippen MR) is 76.1 cm³/mol. The molecule has 1 aliphatic rings. The highest BCUT2D eigenvalue weighted by Gasteiger charge is 2.41. The molecular weight excluding hydrogens is 238 g/mol. The first kappa shape index (κ1) is 13.9. The predicted octanol–water partition coefficient (Wildman–Crippen LogP) is 3.24. The molecule has 0 aliphatic heterocycles. The van der Waals surface area contributed by atoms with Crippen LogP contribution in [0.3, 0.4) is 0 Å². The summed E-state index contributed by atoms with van der Waals surface area (Å²) in [6.07, 6.45) is 3.19. The largest absolute Gasteiger partial charge is 0.497 e. The van der Waals surface area contributed by atoms with E-state index in [4.69, 9.17) is 4.74 Å². The second kappa shape index (κ2) is 4.87. The Morgan fingerprint density at radius 3 is 2.16 bits per heavy atom. The maximum Gasteiger partial charge on any atom is 0.226 e. The monoisotopic (exact) mass is 261 g/mol. The minimum absolute atomic E-state index is 0.114. The lowest BCUT2D eigenvalue weighted by atomic mass is 9.71. The van der Waals surface area contributed by atoms with Gasteiger partial charge in [-0.15, -0.1) is 0 Å². The van der Waals surface area contributed by atoms with Crippen molar-refractivity contribution in [3.8, 4) is 5.75 Å². The van der Waals surface area contributed by atoms with Gasteiger partial charge in [0.2, 0.25) is 5.91 Å². The lowest BCUT2D eigenvalue weighted by molar-refractivity contribution is -0.132. The SMILES string of the molecule is COc1ccc(C2(NC(=O)C(C)(C)C)CCC2)cc1. The highest BCUT2D eigenvalue weighted by atomic mass is 16.5. The van der Waals surface area contributed by atoms with Gasteiger partial charge < -0.3 is 10.1 Å². The zero-order chi connectivity index (χ0) is 14.1. The first-order valence-corrected chi connectivity index (χ1v) is 6.84. The Hall–Kier alpha value is -1.51. The van der Waals surface area contributed by atoms with Crippen molar-refractivity contribution in [3.05, 3.63) is 29.8 Å². The Morgan fingerprint density at radius 2 is 1.79 bits per heavy atom. The molecule has 1 N–H and O–H groups in total. The molecule has 0 aromatic heterocycles. The lowest BCUT2D eigenvalue weighted by Gasteiger charge is -2.44. The van der Waals surface area contributed by atoms with E-state index in [1.54, 1.807) is 7.11 Å². The molecule has 2 rings (SSSR count). The minimum atomic E-state index is -0.352. The molecule has 1 aromatic rings. The lowest BCUT2D eigenvalue weighted by Crippen LogP contribution is -2.53. The van der Waals surface area contributed by atoms with Gasteiger partial charge in [0.15, 0.2) is 0 Å². The molecule has 0 atom stereocenters. The van der Waals surface area contributed by atoms with Gasteiger partial charge in [-0.2, -0.15) is 0 Å². The Bertz CT molecular complexity index is 453. The molecule has 1 saturated carbocycles. The molecule has 3 heteroatoms. The summed E-state index contributed by atoms with van der Waals surface area (Å²) in [6.45, 7) is 5.84. The van der Waals surface area contributed by atoms with Gasteiger partial charge in [-0.3, -0.25) is 4.79 Å². The number of carbonyl (C=O) groups is 1. The van der Waals surface area contributed by atoms with Gasteiger partial charge in [0.05, 0.1) is 12.6 Å². The van der Waals surface area contributed by atoms with Crippen molar-refractivity contribution in [2.75, 3.05) is 7.11 Å². The van der Waals surface area contributed by atoms with Gasteiger partial charge in [0.1, 0.15) is 5.75 Å². The van der Waals surface area contributed by atoms with Gasteiger partial charge in [0, 0.05) is 5.41 Å². The van der Waals surface area contributed by atoms with Crippen LogP contribution in [-0.4, -0.2) is 13.0 Å². The van der Waals surface area contributed by atoms with Crippen molar-refractivity contribution in [1.29, 1.82) is 0 Å². The van der Waals surface area contributed by atoms with Crippen LogP contribution < -0.4 is 10.1 Å². The van der Waals surface area contributed by atoms with E-state index in [-0.39, 0.29) is 16.9 Å². The zero-order valence-corrected chi connectivity index (χ0v) is 12.2. The molecule has 1 aromatic carbocycles. The van der Waals surface area contributed by atoms with Crippen LogP contribution in [0.15, 0.2) is 24.3 Å². The molecule has 0 saturated heterocycles. The third kappa shape index (κ3) is 2.75. The van der Waals surface area contributed by atoms with Gasteiger partial charge in [-0.1, -0.05) is 32.9 Å². The van der Waals surface area contributed by atoms with Crippen LogP contribution in [0.2, 0.25) is 0 Å². The summed E-state index contributed by atoms with van der Waals surface area (Å²) in [5.74, 6) is 0.961. The van der Waals surface area contributed by atoms with Crippen molar-refractivity contribution in [1.82, 2.24) is 5.32 Å². The van der Waals surface area contributed by atoms with E-state index in [9.17, 15) is 4.79 Å². The standard InChI is InChI=1S/C16H23NO2/c1-15(2,3)14(18)17-16(10-5-11-16)12-6-8-13(19-4)9-7-12/h6-9H,5,10-11H2,1-4H3,(H,17,18). The minimum Gasteiger partial charge on any atom is -0.497 e. The average Bonchev–Trinajstić information content (AvgIpc) is 2.32. The summed E-state index contributed by atoms with van der Waals surface area (Å²) in [5, 5.41) is 3.24. The fourth-order valence-electron chi connectivity index (χ4n) is 2.33. The number of benzene rings is 1. The van der Waals surface area contributed by atoms with E-state index in [1.165, 1.54) is 5.56 Å². The van der Waals surface area contributed by atoms with Crippen molar-refractivity contribution >= 4 is 5.91 Å². The van der Waals surface area contributed by atoms with Gasteiger partial charge in [-0.25, -0.2) is 0 Å². The quantitative estimate of drug-likeness (QED) is 0.907. The second-order valence-electron chi connectivity index (χ2n) is 6.37. The number of methoxy groups -OCH3 is 1. The first-order valence-electron chi connectivity index (χ1n) is 6.84. The number of carbonyl (C=O) groups excluding carboxylic acids is 1. The van der Waals surface area contributed by atoms with Crippen LogP contribution in [0.1, 0.15) is 45.6 Å². The second-order valence-corrected chi connectivity index (χ2v) is 6.37. The highest BCUT2D eigenvalue weighted by molar-refractivity contribution is 5.82. The molecule has 1 aliphatic carbocycles. The fraction of sp³-hybridized carbons (Fsp3) is 0.562. The Balaban J connectivity index is 2.20. The zero-order valence-electron chi connectivity index (χ0n) is 12.2. The van der Waals surface area contributed by atoms with E-state index < -0.39 is 0 Å². The summed E-state index contributed by atoms with van der Waals surface area (Å²) < 4.78 is 5.18. The maximum absolute atomic E-state index is 12.2. The highest BCUT2D eigenvalue weighted by Crippen LogP contribution is 2.42. The Labute approximate surface area is 115 Å². The fourth-order valence-corrected chi connectivity index (χ4v) is 2.33. The van der Waals surface area contributed by atoms with Crippen LogP contribution in [0.25, 0.3) is 0 Å². The Kier molecular flexibility index (Phi) is 3.57. The third-order valence-corrected chi connectivity index (χ3v) is 3.88. The van der Waals surface area contributed by atoms with E-state index in [2.05, 4.69) is 17.4 Å². The molecule has 0 bridgehead atoms. The van der Waals surface area contributed by atoms with Crippen molar-refractivity contribution in [2.45, 2.75) is 45.6 Å². The summed E-state index contributed by atoms with van der Waals surface area (Å²) in [6, 6.07) is 8.03. The average molecular weight is 261 g/mol. The number of hydrogen-bond acceptors (Lipinski definition) is 2. The van der Waals surface area contributed by atoms with Gasteiger partial charge in [0.25, 0.3) is 0 Å².